The van der Waals surface area contributed by atoms with E-state index in [0.717, 1.165) is 5.56 Å². The van der Waals surface area contributed by atoms with Gasteiger partial charge in [0.1, 0.15) is 0 Å². The zero-order chi connectivity index (χ0) is 16.7. The quantitative estimate of drug-likeness (QED) is 0.702. The molecule has 3 N–H and O–H groups in total. The molecule has 2 rings (SSSR count). The maximum atomic E-state index is 12.0. The Morgan fingerprint density at radius 2 is 1.96 bits per heavy atom. The summed E-state index contributed by atoms with van der Waals surface area (Å²) in [4.78, 5) is 23.6. The van der Waals surface area contributed by atoms with Crippen molar-refractivity contribution in [2.24, 2.45) is 0 Å². The van der Waals surface area contributed by atoms with Gasteiger partial charge in [0, 0.05) is 24.2 Å². The Kier molecular flexibility index (Phi) is 5.87. The van der Waals surface area contributed by atoms with Crippen molar-refractivity contribution in [1.82, 2.24) is 21.1 Å². The molecule has 23 heavy (non-hydrogen) atoms. The molecule has 122 valence electrons. The van der Waals surface area contributed by atoms with Crippen LogP contribution in [0, 0.1) is 0 Å². The summed E-state index contributed by atoms with van der Waals surface area (Å²) in [7, 11) is 1.81. The van der Waals surface area contributed by atoms with E-state index in [1.807, 2.05) is 44.3 Å². The van der Waals surface area contributed by atoms with Gasteiger partial charge in [-0.25, -0.2) is 0 Å². The van der Waals surface area contributed by atoms with Crippen LogP contribution >= 0.6 is 0 Å². The molecule has 0 spiro atoms. The second kappa shape index (κ2) is 8.09. The van der Waals surface area contributed by atoms with E-state index in [9.17, 15) is 9.59 Å². The largest absolute Gasteiger partial charge is 0.355 e. The van der Waals surface area contributed by atoms with E-state index in [2.05, 4.69) is 21.1 Å². The molecule has 1 aromatic heterocycles. The van der Waals surface area contributed by atoms with E-state index in [4.69, 9.17) is 4.52 Å². The fourth-order valence-corrected chi connectivity index (χ4v) is 1.80. The van der Waals surface area contributed by atoms with Crippen LogP contribution in [0.3, 0.4) is 0 Å². The molecule has 0 bridgehead atoms. The Morgan fingerprint density at radius 3 is 2.65 bits per heavy atom. The van der Waals surface area contributed by atoms with Crippen LogP contribution in [0.4, 0.5) is 0 Å². The first-order valence-corrected chi connectivity index (χ1v) is 7.34. The van der Waals surface area contributed by atoms with Gasteiger partial charge in [0.2, 0.25) is 5.91 Å². The third-order valence-corrected chi connectivity index (χ3v) is 3.31. The highest BCUT2D eigenvalue weighted by atomic mass is 16.5. The molecule has 7 nitrogen and oxygen atoms in total. The number of hydrogen-bond acceptors (Lipinski definition) is 5. The predicted octanol–water partition coefficient (Wildman–Crippen LogP) is 0.796. The summed E-state index contributed by atoms with van der Waals surface area (Å²) in [5, 5.41) is 12.0. The maximum Gasteiger partial charge on any atom is 0.273 e. The van der Waals surface area contributed by atoms with Crippen molar-refractivity contribution < 1.29 is 14.1 Å². The summed E-state index contributed by atoms with van der Waals surface area (Å²) in [6.45, 7) is 2.33. The normalized spacial score (nSPS) is 11.7. The number of aromatic nitrogens is 1. The van der Waals surface area contributed by atoms with Crippen molar-refractivity contribution in [3.05, 3.63) is 42.1 Å². The maximum absolute atomic E-state index is 12.0. The lowest BCUT2D eigenvalue weighted by atomic mass is 10.1. The second-order valence-electron chi connectivity index (χ2n) is 5.12. The zero-order valence-electron chi connectivity index (χ0n) is 13.1. The van der Waals surface area contributed by atoms with Gasteiger partial charge in [-0.3, -0.25) is 9.59 Å². The molecule has 2 amide bonds. The van der Waals surface area contributed by atoms with Crippen LogP contribution in [-0.4, -0.2) is 43.2 Å². The van der Waals surface area contributed by atoms with Crippen LogP contribution in [0.5, 0.6) is 0 Å². The zero-order valence-corrected chi connectivity index (χ0v) is 13.1. The monoisotopic (exact) mass is 316 g/mol. The molecule has 0 aliphatic carbocycles. The number of carbonyl (C=O) groups is 2. The van der Waals surface area contributed by atoms with E-state index in [-0.39, 0.29) is 24.2 Å². The third-order valence-electron chi connectivity index (χ3n) is 3.31. The first-order valence-electron chi connectivity index (χ1n) is 7.34. The molecule has 0 saturated carbocycles. The summed E-state index contributed by atoms with van der Waals surface area (Å²) < 4.78 is 5.15. The van der Waals surface area contributed by atoms with Crippen LogP contribution in [0.15, 0.2) is 40.9 Å². The van der Waals surface area contributed by atoms with Gasteiger partial charge in [-0.2, -0.15) is 0 Å². The standard InChI is InChI=1S/C16H20N4O3/c1-11(17-2)9-18-15(21)10-19-16(22)13-8-14(23-20-13)12-6-4-3-5-7-12/h3-8,11,17H,9-10H2,1-2H3,(H,18,21)(H,19,22). The molecule has 0 radical (unpaired) electrons. The number of carbonyl (C=O) groups excluding carboxylic acids is 2. The summed E-state index contributed by atoms with van der Waals surface area (Å²) in [6, 6.07) is 11.1. The Bertz CT molecular complexity index is 654. The van der Waals surface area contributed by atoms with E-state index in [1.165, 1.54) is 0 Å². The van der Waals surface area contributed by atoms with Crippen molar-refractivity contribution in [1.29, 1.82) is 0 Å². The Labute approximate surface area is 134 Å². The number of amides is 2. The van der Waals surface area contributed by atoms with Crippen molar-refractivity contribution in [3.8, 4) is 11.3 Å². The Morgan fingerprint density at radius 1 is 1.22 bits per heavy atom. The second-order valence-corrected chi connectivity index (χ2v) is 5.12. The molecule has 2 aromatic rings. The summed E-state index contributed by atoms with van der Waals surface area (Å²) in [6.07, 6.45) is 0. The predicted molar refractivity (Wildman–Crippen MR) is 85.8 cm³/mol. The van der Waals surface area contributed by atoms with Gasteiger partial charge in [-0.1, -0.05) is 35.5 Å². The van der Waals surface area contributed by atoms with Gasteiger partial charge in [-0.15, -0.1) is 0 Å². The lowest BCUT2D eigenvalue weighted by Crippen LogP contribution is -2.42. The fourth-order valence-electron chi connectivity index (χ4n) is 1.80. The molecule has 1 atom stereocenters. The van der Waals surface area contributed by atoms with Gasteiger partial charge in [0.05, 0.1) is 6.54 Å². The van der Waals surface area contributed by atoms with E-state index in [1.54, 1.807) is 6.07 Å². The number of nitrogens with one attached hydrogen (secondary N) is 3. The van der Waals surface area contributed by atoms with E-state index >= 15 is 0 Å². The number of nitrogens with zero attached hydrogens (tertiary/aromatic N) is 1. The topological polar surface area (TPSA) is 96.3 Å². The number of benzene rings is 1. The SMILES string of the molecule is CNC(C)CNC(=O)CNC(=O)c1cc(-c2ccccc2)on1. The van der Waals surface area contributed by atoms with E-state index in [0.29, 0.717) is 12.3 Å². The minimum Gasteiger partial charge on any atom is -0.355 e. The molecular weight excluding hydrogens is 296 g/mol. The Hall–Kier alpha value is -2.67. The molecule has 1 unspecified atom stereocenters. The average Bonchev–Trinajstić information content (AvgIpc) is 3.08. The number of rotatable bonds is 7. The third kappa shape index (κ3) is 4.93. The smallest absolute Gasteiger partial charge is 0.273 e. The molecule has 1 heterocycles. The highest BCUT2D eigenvalue weighted by Crippen LogP contribution is 2.19. The van der Waals surface area contributed by atoms with Crippen LogP contribution in [0.25, 0.3) is 11.3 Å². The van der Waals surface area contributed by atoms with Crippen LogP contribution < -0.4 is 16.0 Å². The van der Waals surface area contributed by atoms with Gasteiger partial charge in [0.15, 0.2) is 11.5 Å². The molecule has 0 saturated heterocycles. The minimum atomic E-state index is -0.451. The number of hydrogen-bond donors (Lipinski definition) is 3. The van der Waals surface area contributed by atoms with Gasteiger partial charge >= 0.3 is 0 Å². The van der Waals surface area contributed by atoms with Crippen molar-refractivity contribution >= 4 is 11.8 Å². The molecule has 0 fully saturated rings. The molecule has 0 aliphatic rings. The van der Waals surface area contributed by atoms with Crippen LogP contribution in [0.1, 0.15) is 17.4 Å². The summed E-state index contributed by atoms with van der Waals surface area (Å²) in [5.41, 5.74) is 0.970. The lowest BCUT2D eigenvalue weighted by Gasteiger charge is -2.11. The van der Waals surface area contributed by atoms with Crippen molar-refractivity contribution in [3.63, 3.8) is 0 Å². The number of likely N-dealkylation sites (N-methyl/N-ethyl adjacent to an activating group) is 1. The highest BCUT2D eigenvalue weighted by molar-refractivity contribution is 5.95. The minimum absolute atomic E-state index is 0.108. The Balaban J connectivity index is 1.85. The van der Waals surface area contributed by atoms with Gasteiger partial charge < -0.3 is 20.5 Å². The molecule has 0 aliphatic heterocycles. The highest BCUT2D eigenvalue weighted by Gasteiger charge is 2.14. The average molecular weight is 316 g/mol. The van der Waals surface area contributed by atoms with Gasteiger partial charge in [0.25, 0.3) is 5.91 Å². The first-order chi connectivity index (χ1) is 11.1. The molecular formula is C16H20N4O3. The molecule has 1 aromatic carbocycles. The van der Waals surface area contributed by atoms with Crippen LogP contribution in [0.2, 0.25) is 0 Å². The first kappa shape index (κ1) is 16.7. The van der Waals surface area contributed by atoms with Crippen molar-refractivity contribution in [2.75, 3.05) is 20.1 Å². The fraction of sp³-hybridized carbons (Fsp3) is 0.312. The lowest BCUT2D eigenvalue weighted by molar-refractivity contribution is -0.120. The molecule has 7 heteroatoms. The van der Waals surface area contributed by atoms with Crippen LogP contribution in [-0.2, 0) is 4.79 Å². The van der Waals surface area contributed by atoms with E-state index < -0.39 is 5.91 Å². The summed E-state index contributed by atoms with van der Waals surface area (Å²) >= 11 is 0. The van der Waals surface area contributed by atoms with Gasteiger partial charge in [-0.05, 0) is 14.0 Å². The van der Waals surface area contributed by atoms with Crippen molar-refractivity contribution in [2.45, 2.75) is 13.0 Å². The summed E-state index contributed by atoms with van der Waals surface area (Å²) in [5.74, 6) is -0.206.